The average Bonchev–Trinajstić information content (AvgIpc) is 3.19. The van der Waals surface area contributed by atoms with Gasteiger partial charge in [-0.15, -0.1) is 0 Å². The van der Waals surface area contributed by atoms with Gasteiger partial charge in [-0.3, -0.25) is 4.98 Å². The lowest BCUT2D eigenvalue weighted by Gasteiger charge is -2.10. The Balaban J connectivity index is 1.90. The van der Waals surface area contributed by atoms with Crippen LogP contribution in [-0.2, 0) is 4.74 Å². The summed E-state index contributed by atoms with van der Waals surface area (Å²) in [7, 11) is 0. The summed E-state index contributed by atoms with van der Waals surface area (Å²) < 4.78 is 11.0. The minimum Gasteiger partial charge on any atom is -0.381 e. The van der Waals surface area contributed by atoms with E-state index in [-0.39, 0.29) is 5.92 Å². The number of rotatable bonds is 2. The molecule has 0 N–H and O–H groups in total. The molecule has 0 radical (unpaired) electrons. The van der Waals surface area contributed by atoms with Gasteiger partial charge in [0.25, 0.3) is 5.89 Å². The van der Waals surface area contributed by atoms with Crippen LogP contribution in [0.25, 0.3) is 22.4 Å². The van der Waals surface area contributed by atoms with E-state index in [2.05, 4.69) is 41.1 Å². The summed E-state index contributed by atoms with van der Waals surface area (Å²) in [5.74, 6) is 1.56. The number of pyridine rings is 1. The van der Waals surface area contributed by atoms with Gasteiger partial charge in [0.1, 0.15) is 0 Å². The van der Waals surface area contributed by atoms with E-state index in [1.54, 1.807) is 0 Å². The molecule has 4 rings (SSSR count). The molecule has 1 saturated heterocycles. The zero-order valence-electron chi connectivity index (χ0n) is 13.6. The van der Waals surface area contributed by atoms with Gasteiger partial charge in [-0.2, -0.15) is 4.98 Å². The van der Waals surface area contributed by atoms with Gasteiger partial charge < -0.3 is 9.26 Å². The summed E-state index contributed by atoms with van der Waals surface area (Å²) >= 11 is 0. The van der Waals surface area contributed by atoms with E-state index in [4.69, 9.17) is 9.26 Å². The number of ether oxygens (including phenoxy) is 1. The molecule has 5 nitrogen and oxygen atoms in total. The first kappa shape index (κ1) is 14.3. The Labute approximate surface area is 134 Å². The maximum Gasteiger partial charge on any atom is 0.258 e. The third kappa shape index (κ3) is 2.41. The Hall–Kier alpha value is -2.27. The second-order valence-electron chi connectivity index (χ2n) is 6.24. The normalized spacial score (nSPS) is 18.0. The molecule has 2 aromatic heterocycles. The van der Waals surface area contributed by atoms with Crippen molar-refractivity contribution < 1.29 is 9.26 Å². The van der Waals surface area contributed by atoms with E-state index < -0.39 is 0 Å². The molecule has 0 bridgehead atoms. The van der Waals surface area contributed by atoms with E-state index in [9.17, 15) is 0 Å². The molecule has 5 heteroatoms. The SMILES string of the molecule is Cc1ccc2nc(C)c(C)c(-c3nc(C4CCOC4)no3)c2c1. The van der Waals surface area contributed by atoms with E-state index >= 15 is 0 Å². The first-order valence-corrected chi connectivity index (χ1v) is 7.93. The molecule has 1 aliphatic rings. The number of nitrogens with zero attached hydrogens (tertiary/aromatic N) is 3. The standard InChI is InChI=1S/C18H19N3O2/c1-10-4-5-15-14(8-10)16(11(2)12(3)19-15)18-20-17(21-23-18)13-6-7-22-9-13/h4-5,8,13H,6-7,9H2,1-3H3. The van der Waals surface area contributed by atoms with Gasteiger partial charge in [-0.1, -0.05) is 16.8 Å². The Bertz CT molecular complexity index is 879. The Morgan fingerprint density at radius 1 is 1.13 bits per heavy atom. The predicted molar refractivity (Wildman–Crippen MR) is 87.4 cm³/mol. The third-order valence-corrected chi connectivity index (χ3v) is 4.58. The highest BCUT2D eigenvalue weighted by atomic mass is 16.5. The molecule has 0 saturated carbocycles. The van der Waals surface area contributed by atoms with Crippen LogP contribution in [0.3, 0.4) is 0 Å². The van der Waals surface area contributed by atoms with E-state index in [1.807, 2.05) is 13.0 Å². The van der Waals surface area contributed by atoms with Gasteiger partial charge in [0.2, 0.25) is 0 Å². The minimum absolute atomic E-state index is 0.240. The van der Waals surface area contributed by atoms with Crippen LogP contribution in [0, 0.1) is 20.8 Å². The highest BCUT2D eigenvalue weighted by Gasteiger charge is 2.25. The molecule has 1 atom stereocenters. The number of hydrogen-bond donors (Lipinski definition) is 0. The smallest absolute Gasteiger partial charge is 0.258 e. The van der Waals surface area contributed by atoms with Gasteiger partial charge in [-0.05, 0) is 44.9 Å². The van der Waals surface area contributed by atoms with Gasteiger partial charge in [-0.25, -0.2) is 0 Å². The zero-order chi connectivity index (χ0) is 16.0. The third-order valence-electron chi connectivity index (χ3n) is 4.58. The maximum atomic E-state index is 5.60. The fourth-order valence-corrected chi connectivity index (χ4v) is 3.11. The number of benzene rings is 1. The Morgan fingerprint density at radius 2 is 2.00 bits per heavy atom. The van der Waals surface area contributed by atoms with Crippen molar-refractivity contribution in [3.05, 3.63) is 40.8 Å². The fourth-order valence-electron chi connectivity index (χ4n) is 3.11. The summed E-state index contributed by atoms with van der Waals surface area (Å²) in [6.07, 6.45) is 0.952. The van der Waals surface area contributed by atoms with Gasteiger partial charge >= 0.3 is 0 Å². The highest BCUT2D eigenvalue weighted by Crippen LogP contribution is 2.33. The second-order valence-corrected chi connectivity index (χ2v) is 6.24. The van der Waals surface area contributed by atoms with Crippen LogP contribution >= 0.6 is 0 Å². The monoisotopic (exact) mass is 309 g/mol. The van der Waals surface area contributed by atoms with Crippen LogP contribution in [0.15, 0.2) is 22.7 Å². The summed E-state index contributed by atoms with van der Waals surface area (Å²) in [6.45, 7) is 7.59. The number of fused-ring (bicyclic) bond motifs is 1. The molecule has 3 aromatic rings. The number of aromatic nitrogens is 3. The van der Waals surface area contributed by atoms with E-state index in [1.165, 1.54) is 5.56 Å². The lowest BCUT2D eigenvalue weighted by Crippen LogP contribution is -2.00. The van der Waals surface area contributed by atoms with Gasteiger partial charge in [0, 0.05) is 23.6 Å². The lowest BCUT2D eigenvalue weighted by molar-refractivity contribution is 0.192. The first-order valence-electron chi connectivity index (χ1n) is 7.93. The van der Waals surface area contributed by atoms with Gasteiger partial charge in [0.05, 0.1) is 17.7 Å². The van der Waals surface area contributed by atoms with E-state index in [0.29, 0.717) is 12.5 Å². The largest absolute Gasteiger partial charge is 0.381 e. The van der Waals surface area contributed by atoms with Crippen LogP contribution < -0.4 is 0 Å². The van der Waals surface area contributed by atoms with Crippen molar-refractivity contribution in [2.45, 2.75) is 33.1 Å². The van der Waals surface area contributed by atoms with Crippen LogP contribution in [-0.4, -0.2) is 28.3 Å². The summed E-state index contributed by atoms with van der Waals surface area (Å²) in [6, 6.07) is 6.25. The fraction of sp³-hybridized carbons (Fsp3) is 0.389. The molecular formula is C18H19N3O2. The molecule has 23 heavy (non-hydrogen) atoms. The summed E-state index contributed by atoms with van der Waals surface area (Å²) in [5.41, 5.74) is 5.21. The van der Waals surface area contributed by atoms with Crippen molar-refractivity contribution in [1.82, 2.24) is 15.1 Å². The molecule has 1 fully saturated rings. The Morgan fingerprint density at radius 3 is 2.78 bits per heavy atom. The maximum absolute atomic E-state index is 5.60. The topological polar surface area (TPSA) is 61.0 Å². The lowest BCUT2D eigenvalue weighted by atomic mass is 10.00. The first-order chi connectivity index (χ1) is 11.1. The minimum atomic E-state index is 0.240. The molecule has 118 valence electrons. The van der Waals surface area contributed by atoms with Crippen molar-refractivity contribution in [1.29, 1.82) is 0 Å². The predicted octanol–water partition coefficient (Wildman–Crippen LogP) is 3.71. The summed E-state index contributed by atoms with van der Waals surface area (Å²) in [4.78, 5) is 9.34. The van der Waals surface area contributed by atoms with Crippen molar-refractivity contribution in [2.24, 2.45) is 0 Å². The number of aryl methyl sites for hydroxylation is 2. The number of hydrogen-bond acceptors (Lipinski definition) is 5. The average molecular weight is 309 g/mol. The molecule has 1 aliphatic heterocycles. The van der Waals surface area contributed by atoms with Crippen LogP contribution in [0.1, 0.15) is 35.0 Å². The molecule has 3 heterocycles. The second kappa shape index (κ2) is 5.42. The van der Waals surface area contributed by atoms with Crippen molar-refractivity contribution in [3.8, 4) is 11.5 Å². The Kier molecular flexibility index (Phi) is 3.38. The van der Waals surface area contributed by atoms with Gasteiger partial charge in [0.15, 0.2) is 5.82 Å². The van der Waals surface area contributed by atoms with Crippen molar-refractivity contribution in [3.63, 3.8) is 0 Å². The summed E-state index contributed by atoms with van der Waals surface area (Å²) in [5, 5.41) is 5.25. The molecule has 0 amide bonds. The van der Waals surface area contributed by atoms with Crippen LogP contribution in [0.5, 0.6) is 0 Å². The quantitative estimate of drug-likeness (QED) is 0.722. The highest BCUT2D eigenvalue weighted by molar-refractivity contribution is 5.94. The van der Waals surface area contributed by atoms with Crippen molar-refractivity contribution in [2.75, 3.05) is 13.2 Å². The van der Waals surface area contributed by atoms with Crippen LogP contribution in [0.4, 0.5) is 0 Å². The molecule has 0 aliphatic carbocycles. The zero-order valence-corrected chi connectivity index (χ0v) is 13.6. The molecule has 1 aromatic carbocycles. The van der Waals surface area contributed by atoms with E-state index in [0.717, 1.165) is 46.6 Å². The molecule has 0 spiro atoms. The molecular weight excluding hydrogens is 290 g/mol. The van der Waals surface area contributed by atoms with Crippen LogP contribution in [0.2, 0.25) is 0 Å². The van der Waals surface area contributed by atoms with Crippen molar-refractivity contribution >= 4 is 10.9 Å². The molecule has 1 unspecified atom stereocenters.